The molecule has 43 heavy (non-hydrogen) atoms. The molecule has 3 aromatic rings. The summed E-state index contributed by atoms with van der Waals surface area (Å²) >= 11 is 1.18. The van der Waals surface area contributed by atoms with E-state index >= 15 is 0 Å². The second-order valence-electron chi connectivity index (χ2n) is 11.8. The van der Waals surface area contributed by atoms with Crippen LogP contribution in [0.1, 0.15) is 63.9 Å². The number of carbonyl (C=O) groups excluding carboxylic acids is 1. The maximum Gasteiger partial charge on any atom is 0.410 e. The molecule has 0 bridgehead atoms. The van der Waals surface area contributed by atoms with Gasteiger partial charge in [-0.15, -0.1) is 11.3 Å². The Balaban J connectivity index is 1.54. The first kappa shape index (κ1) is 31.0. The molecule has 14 heteroatoms. The summed E-state index contributed by atoms with van der Waals surface area (Å²) in [5.74, 6) is 0.534. The zero-order chi connectivity index (χ0) is 31.1. The van der Waals surface area contributed by atoms with Crippen LogP contribution in [0.15, 0.2) is 33.8 Å². The first-order valence-corrected chi connectivity index (χ1v) is 16.7. The molecule has 1 N–H and O–H groups in total. The van der Waals surface area contributed by atoms with Gasteiger partial charge in [-0.05, 0) is 51.3 Å². The standard InChI is InChI=1S/C29H40N8O4S2/c1-8-36(9-2)43(39,40)27-19(3)13-24(42-27)33-25-26-30-15-23(21-14-31-34(7)16-21)37(26)18-22(32-25)20-11-10-12-35(17-20)28(38)41-29(4,5)6/h11,13-15,18,21H,8-10,12,16-17H2,1-7H3,(H,32,33). The van der Waals surface area contributed by atoms with E-state index in [1.807, 2.05) is 75.8 Å². The second kappa shape index (κ2) is 11.9. The van der Waals surface area contributed by atoms with Crippen LogP contribution in [0.4, 0.5) is 15.6 Å². The number of ether oxygens (including phenoxy) is 1. The summed E-state index contributed by atoms with van der Waals surface area (Å²) in [6.45, 7) is 13.5. The average molecular weight is 629 g/mol. The van der Waals surface area contributed by atoms with E-state index in [2.05, 4.69) is 16.5 Å². The summed E-state index contributed by atoms with van der Waals surface area (Å²) in [4.78, 5) is 24.3. The first-order valence-electron chi connectivity index (χ1n) is 14.5. The lowest BCUT2D eigenvalue weighted by Crippen LogP contribution is -2.39. The Morgan fingerprint density at radius 3 is 2.65 bits per heavy atom. The van der Waals surface area contributed by atoms with Gasteiger partial charge in [0.25, 0.3) is 10.0 Å². The number of thiophene rings is 1. The quantitative estimate of drug-likeness (QED) is 0.373. The van der Waals surface area contributed by atoms with Gasteiger partial charge in [-0.1, -0.05) is 19.9 Å². The molecule has 3 aromatic heterocycles. The van der Waals surface area contributed by atoms with Crippen LogP contribution in [0, 0.1) is 6.92 Å². The smallest absolute Gasteiger partial charge is 0.410 e. The number of aromatic nitrogens is 3. The van der Waals surface area contributed by atoms with Gasteiger partial charge in [0.1, 0.15) is 9.81 Å². The predicted molar refractivity (Wildman–Crippen MR) is 170 cm³/mol. The summed E-state index contributed by atoms with van der Waals surface area (Å²) in [7, 11) is -1.69. The maximum atomic E-state index is 13.3. The maximum absolute atomic E-state index is 13.3. The highest BCUT2D eigenvalue weighted by Gasteiger charge is 2.29. The lowest BCUT2D eigenvalue weighted by Gasteiger charge is -2.30. The molecular formula is C29H40N8O4S2. The molecule has 2 aliphatic rings. The van der Waals surface area contributed by atoms with E-state index in [1.165, 1.54) is 15.6 Å². The molecule has 0 radical (unpaired) electrons. The molecular weight excluding hydrogens is 589 g/mol. The molecule has 5 heterocycles. The van der Waals surface area contributed by atoms with E-state index in [0.29, 0.717) is 64.5 Å². The Labute approximate surface area is 257 Å². The highest BCUT2D eigenvalue weighted by molar-refractivity contribution is 7.91. The van der Waals surface area contributed by atoms with Gasteiger partial charge in [0.05, 0.1) is 35.0 Å². The Morgan fingerprint density at radius 2 is 2.00 bits per heavy atom. The van der Waals surface area contributed by atoms with Crippen LogP contribution in [-0.2, 0) is 14.8 Å². The van der Waals surface area contributed by atoms with Crippen molar-refractivity contribution >= 4 is 55.7 Å². The van der Waals surface area contributed by atoms with E-state index < -0.39 is 15.6 Å². The summed E-state index contributed by atoms with van der Waals surface area (Å²) in [5.41, 5.74) is 3.23. The fourth-order valence-corrected chi connectivity index (χ4v) is 8.44. The number of amides is 1. The zero-order valence-electron chi connectivity index (χ0n) is 25.8. The van der Waals surface area contributed by atoms with Crippen LogP contribution < -0.4 is 5.32 Å². The van der Waals surface area contributed by atoms with Crippen molar-refractivity contribution < 1.29 is 17.9 Å². The third kappa shape index (κ3) is 6.41. The molecule has 232 valence electrons. The minimum absolute atomic E-state index is 0.0384. The van der Waals surface area contributed by atoms with Crippen molar-refractivity contribution in [1.82, 2.24) is 28.6 Å². The molecule has 12 nitrogen and oxygen atoms in total. The van der Waals surface area contributed by atoms with Crippen LogP contribution in [0.5, 0.6) is 0 Å². The summed E-state index contributed by atoms with van der Waals surface area (Å²) in [6, 6.07) is 1.83. The number of fused-ring (bicyclic) bond motifs is 1. The molecule has 0 aromatic carbocycles. The van der Waals surface area contributed by atoms with Crippen molar-refractivity contribution in [3.8, 4) is 0 Å². The van der Waals surface area contributed by atoms with Gasteiger partial charge in [0, 0.05) is 45.6 Å². The number of hydrogen-bond acceptors (Lipinski definition) is 10. The number of hydrogen-bond donors (Lipinski definition) is 1. The van der Waals surface area contributed by atoms with Crippen molar-refractivity contribution in [3.63, 3.8) is 0 Å². The third-order valence-corrected chi connectivity index (χ3v) is 11.1. The number of hydrazone groups is 1. The molecule has 1 unspecified atom stereocenters. The topological polar surface area (TPSA) is 125 Å². The van der Waals surface area contributed by atoms with E-state index in [1.54, 1.807) is 11.8 Å². The third-order valence-electron chi connectivity index (χ3n) is 7.33. The molecule has 0 saturated heterocycles. The van der Waals surface area contributed by atoms with E-state index in [9.17, 15) is 13.2 Å². The minimum atomic E-state index is -3.62. The zero-order valence-corrected chi connectivity index (χ0v) is 27.4. The lowest BCUT2D eigenvalue weighted by molar-refractivity contribution is 0.0273. The number of imidazole rings is 1. The van der Waals surface area contributed by atoms with Gasteiger partial charge < -0.3 is 15.0 Å². The molecule has 1 amide bonds. The number of rotatable bonds is 8. The highest BCUT2D eigenvalue weighted by Crippen LogP contribution is 2.36. The Hall–Kier alpha value is -3.49. The van der Waals surface area contributed by atoms with Crippen LogP contribution in [0.25, 0.3) is 11.2 Å². The lowest BCUT2D eigenvalue weighted by atomic mass is 10.1. The largest absolute Gasteiger partial charge is 0.444 e. The monoisotopic (exact) mass is 628 g/mol. The normalized spacial score (nSPS) is 17.7. The van der Waals surface area contributed by atoms with Crippen molar-refractivity contribution in [1.29, 1.82) is 0 Å². The molecule has 0 spiro atoms. The van der Waals surface area contributed by atoms with Crippen molar-refractivity contribution in [2.24, 2.45) is 5.10 Å². The van der Waals surface area contributed by atoms with Crippen LogP contribution >= 0.6 is 11.3 Å². The van der Waals surface area contributed by atoms with Gasteiger partial charge in [-0.25, -0.2) is 23.2 Å². The molecule has 2 aliphatic heterocycles. The first-order chi connectivity index (χ1) is 20.3. The number of nitrogens with zero attached hydrogens (tertiary/aromatic N) is 7. The van der Waals surface area contributed by atoms with Crippen molar-refractivity contribution in [2.45, 2.75) is 63.7 Å². The summed E-state index contributed by atoms with van der Waals surface area (Å²) < 4.78 is 36.0. The van der Waals surface area contributed by atoms with Crippen LogP contribution in [0.3, 0.4) is 0 Å². The van der Waals surface area contributed by atoms with Crippen molar-refractivity contribution in [3.05, 3.63) is 41.5 Å². The summed E-state index contributed by atoms with van der Waals surface area (Å²) in [5, 5.41) is 10.3. The number of aryl methyl sites for hydroxylation is 1. The molecule has 1 atom stereocenters. The van der Waals surface area contributed by atoms with E-state index in [4.69, 9.17) is 14.7 Å². The average Bonchev–Trinajstić information content (AvgIpc) is 3.66. The minimum Gasteiger partial charge on any atom is -0.444 e. The number of nitrogens with one attached hydrogen (secondary N) is 1. The molecule has 5 rings (SSSR count). The fourth-order valence-electron chi connectivity index (χ4n) is 5.25. The van der Waals surface area contributed by atoms with Crippen LogP contribution in [0.2, 0.25) is 0 Å². The SMILES string of the molecule is CCN(CC)S(=O)(=O)c1sc(Nc2nc(C3=CCCN(C(=O)OC(C)(C)C)C3)cn3c(C4C=NN(C)C4)cnc23)cc1C. The number of carbonyl (C=O) groups is 1. The van der Waals surface area contributed by atoms with Gasteiger partial charge in [-0.2, -0.15) is 9.41 Å². The molecule has 0 saturated carbocycles. The van der Waals surface area contributed by atoms with Gasteiger partial charge in [0.15, 0.2) is 11.5 Å². The fraction of sp³-hybridized carbons (Fsp3) is 0.517. The summed E-state index contributed by atoms with van der Waals surface area (Å²) in [6.07, 6.45) is 8.11. The van der Waals surface area contributed by atoms with E-state index in [0.717, 1.165) is 17.8 Å². The number of anilines is 2. The van der Waals surface area contributed by atoms with E-state index in [-0.39, 0.29) is 12.0 Å². The van der Waals surface area contributed by atoms with Gasteiger partial charge in [0.2, 0.25) is 0 Å². The predicted octanol–water partition coefficient (Wildman–Crippen LogP) is 4.91. The molecule has 0 aliphatic carbocycles. The number of likely N-dealkylation sites (N-methyl/N-ethyl adjacent to an activating group) is 1. The number of sulfonamides is 1. The van der Waals surface area contributed by atoms with Gasteiger partial charge >= 0.3 is 6.09 Å². The highest BCUT2D eigenvalue weighted by atomic mass is 32.2. The van der Waals surface area contributed by atoms with Crippen molar-refractivity contribution in [2.75, 3.05) is 45.1 Å². The second-order valence-corrected chi connectivity index (χ2v) is 15.0. The molecule has 0 fully saturated rings. The van der Waals surface area contributed by atoms with Gasteiger partial charge in [-0.3, -0.25) is 9.41 Å². The Bertz CT molecular complexity index is 1680. The Kier molecular flexibility index (Phi) is 8.56. The Morgan fingerprint density at radius 1 is 1.26 bits per heavy atom. The van der Waals surface area contributed by atoms with Crippen LogP contribution in [-0.4, -0.2) is 94.7 Å².